The van der Waals surface area contributed by atoms with Gasteiger partial charge in [-0.15, -0.1) is 0 Å². The van der Waals surface area contributed by atoms with Crippen molar-refractivity contribution in [1.82, 2.24) is 14.6 Å². The molecule has 1 fully saturated rings. The summed E-state index contributed by atoms with van der Waals surface area (Å²) in [5.41, 5.74) is 2.26. The molecule has 0 saturated heterocycles. The monoisotopic (exact) mass is 283 g/mol. The zero-order chi connectivity index (χ0) is 14.4. The highest BCUT2D eigenvalue weighted by atomic mass is 19.1. The summed E-state index contributed by atoms with van der Waals surface area (Å²) >= 11 is 0. The van der Waals surface area contributed by atoms with Crippen molar-refractivity contribution in [3.05, 3.63) is 48.0 Å². The van der Waals surface area contributed by atoms with Crippen LogP contribution in [0.25, 0.3) is 16.9 Å². The van der Waals surface area contributed by atoms with Gasteiger partial charge in [-0.05, 0) is 37.1 Å². The molecule has 2 heterocycles. The number of fused-ring (bicyclic) bond motifs is 1. The Morgan fingerprint density at radius 1 is 1.24 bits per heavy atom. The molecule has 0 atom stereocenters. The van der Waals surface area contributed by atoms with Crippen LogP contribution < -0.4 is 4.74 Å². The Morgan fingerprint density at radius 3 is 2.81 bits per heavy atom. The lowest BCUT2D eigenvalue weighted by Gasteiger charge is -2.07. The van der Waals surface area contributed by atoms with Crippen molar-refractivity contribution in [3.8, 4) is 17.0 Å². The van der Waals surface area contributed by atoms with E-state index >= 15 is 0 Å². The average Bonchev–Trinajstić information content (AvgIpc) is 3.25. The number of benzene rings is 1. The first-order valence-electron chi connectivity index (χ1n) is 6.96. The molecule has 0 spiro atoms. The van der Waals surface area contributed by atoms with Crippen LogP contribution in [0.3, 0.4) is 0 Å². The van der Waals surface area contributed by atoms with Crippen LogP contribution in [-0.4, -0.2) is 21.7 Å². The third kappa shape index (κ3) is 2.05. The number of hydrogen-bond donors (Lipinski definition) is 0. The standard InChI is InChI=1S/C16H14FN3O/c1-21-14-8-7-13(11-3-2-4-12(17)9-11)20-16(14)18-15(19-20)10-5-6-10/h2-4,7-10H,5-6H2,1H3. The molecule has 21 heavy (non-hydrogen) atoms. The quantitative estimate of drug-likeness (QED) is 0.739. The van der Waals surface area contributed by atoms with Gasteiger partial charge in [0.15, 0.2) is 17.2 Å². The highest BCUT2D eigenvalue weighted by Crippen LogP contribution is 2.39. The summed E-state index contributed by atoms with van der Waals surface area (Å²) in [6, 6.07) is 10.2. The van der Waals surface area contributed by atoms with E-state index in [1.807, 2.05) is 18.2 Å². The molecular formula is C16H14FN3O. The molecule has 3 aromatic rings. The van der Waals surface area contributed by atoms with Gasteiger partial charge in [-0.1, -0.05) is 12.1 Å². The predicted octanol–water partition coefficient (Wildman–Crippen LogP) is 3.42. The van der Waals surface area contributed by atoms with Crippen LogP contribution in [0, 0.1) is 5.82 Å². The number of rotatable bonds is 3. The van der Waals surface area contributed by atoms with Crippen LogP contribution >= 0.6 is 0 Å². The van der Waals surface area contributed by atoms with Gasteiger partial charge in [0.25, 0.3) is 0 Å². The number of methoxy groups -OCH3 is 1. The lowest BCUT2D eigenvalue weighted by molar-refractivity contribution is 0.416. The van der Waals surface area contributed by atoms with Crippen molar-refractivity contribution in [2.45, 2.75) is 18.8 Å². The fraction of sp³-hybridized carbons (Fsp3) is 0.250. The molecule has 1 saturated carbocycles. The molecule has 4 rings (SSSR count). The lowest BCUT2D eigenvalue weighted by atomic mass is 10.1. The summed E-state index contributed by atoms with van der Waals surface area (Å²) in [5, 5.41) is 4.59. The molecule has 1 aliphatic carbocycles. The zero-order valence-electron chi connectivity index (χ0n) is 11.6. The summed E-state index contributed by atoms with van der Waals surface area (Å²) in [6.45, 7) is 0. The van der Waals surface area contributed by atoms with Crippen LogP contribution in [0.5, 0.6) is 5.75 Å². The van der Waals surface area contributed by atoms with E-state index in [2.05, 4.69) is 10.1 Å². The molecule has 0 amide bonds. The number of hydrogen-bond acceptors (Lipinski definition) is 3. The van der Waals surface area contributed by atoms with E-state index in [1.165, 1.54) is 12.1 Å². The smallest absolute Gasteiger partial charge is 0.198 e. The van der Waals surface area contributed by atoms with Crippen molar-refractivity contribution in [3.63, 3.8) is 0 Å². The third-order valence-electron chi connectivity index (χ3n) is 3.75. The minimum absolute atomic E-state index is 0.265. The van der Waals surface area contributed by atoms with Crippen molar-refractivity contribution < 1.29 is 9.13 Å². The number of pyridine rings is 1. The maximum absolute atomic E-state index is 13.5. The summed E-state index contributed by atoms with van der Waals surface area (Å²) in [6.07, 6.45) is 2.27. The summed E-state index contributed by atoms with van der Waals surface area (Å²) in [4.78, 5) is 4.59. The average molecular weight is 283 g/mol. The normalized spacial score (nSPS) is 14.6. The molecular weight excluding hydrogens is 269 g/mol. The van der Waals surface area contributed by atoms with Gasteiger partial charge < -0.3 is 4.74 Å². The summed E-state index contributed by atoms with van der Waals surface area (Å²) in [5.74, 6) is 1.71. The first-order chi connectivity index (χ1) is 10.3. The van der Waals surface area contributed by atoms with Crippen LogP contribution in [0.4, 0.5) is 4.39 Å². The lowest BCUT2D eigenvalue weighted by Crippen LogP contribution is -1.97. The van der Waals surface area contributed by atoms with E-state index < -0.39 is 0 Å². The Bertz CT molecular complexity index is 824. The van der Waals surface area contributed by atoms with Crippen molar-refractivity contribution in [1.29, 1.82) is 0 Å². The van der Waals surface area contributed by atoms with Crippen LogP contribution in [-0.2, 0) is 0 Å². The molecule has 2 aromatic heterocycles. The van der Waals surface area contributed by atoms with Gasteiger partial charge in [-0.3, -0.25) is 0 Å². The largest absolute Gasteiger partial charge is 0.493 e. The van der Waals surface area contributed by atoms with Gasteiger partial charge >= 0.3 is 0 Å². The Kier molecular flexibility index (Phi) is 2.67. The van der Waals surface area contributed by atoms with Gasteiger partial charge in [0, 0.05) is 11.5 Å². The maximum Gasteiger partial charge on any atom is 0.198 e. The number of aromatic nitrogens is 3. The molecule has 0 bridgehead atoms. The minimum atomic E-state index is -0.265. The summed E-state index contributed by atoms with van der Waals surface area (Å²) < 4.78 is 20.6. The van der Waals surface area contributed by atoms with Gasteiger partial charge in [-0.25, -0.2) is 13.9 Å². The molecule has 0 N–H and O–H groups in total. The summed E-state index contributed by atoms with van der Waals surface area (Å²) in [7, 11) is 1.61. The van der Waals surface area contributed by atoms with E-state index in [0.29, 0.717) is 17.3 Å². The molecule has 5 heteroatoms. The minimum Gasteiger partial charge on any atom is -0.493 e. The Hall–Kier alpha value is -2.43. The van der Waals surface area contributed by atoms with E-state index in [0.717, 1.165) is 29.9 Å². The van der Waals surface area contributed by atoms with Gasteiger partial charge in [0.05, 0.1) is 12.8 Å². The third-order valence-corrected chi connectivity index (χ3v) is 3.75. The van der Waals surface area contributed by atoms with E-state index in [4.69, 9.17) is 4.74 Å². The SMILES string of the molecule is COc1ccc(-c2cccc(F)c2)n2nc(C3CC3)nc12. The highest BCUT2D eigenvalue weighted by molar-refractivity contribution is 5.67. The Balaban J connectivity index is 1.96. The van der Waals surface area contributed by atoms with Gasteiger partial charge in [0.2, 0.25) is 0 Å². The zero-order valence-corrected chi connectivity index (χ0v) is 11.6. The second kappa shape index (κ2) is 4.55. The maximum atomic E-state index is 13.5. The Morgan fingerprint density at radius 2 is 2.10 bits per heavy atom. The molecule has 1 aromatic carbocycles. The van der Waals surface area contributed by atoms with E-state index in [1.54, 1.807) is 17.7 Å². The molecule has 106 valence electrons. The van der Waals surface area contributed by atoms with Crippen molar-refractivity contribution in [2.75, 3.05) is 7.11 Å². The fourth-order valence-corrected chi connectivity index (χ4v) is 2.50. The predicted molar refractivity (Wildman–Crippen MR) is 76.9 cm³/mol. The topological polar surface area (TPSA) is 39.4 Å². The van der Waals surface area contributed by atoms with E-state index in [-0.39, 0.29) is 5.82 Å². The molecule has 4 nitrogen and oxygen atoms in total. The molecule has 1 aliphatic rings. The van der Waals surface area contributed by atoms with Crippen molar-refractivity contribution in [2.24, 2.45) is 0 Å². The van der Waals surface area contributed by atoms with Gasteiger partial charge in [-0.2, -0.15) is 5.10 Å². The van der Waals surface area contributed by atoms with Crippen molar-refractivity contribution >= 4 is 5.65 Å². The first kappa shape index (κ1) is 12.3. The van der Waals surface area contributed by atoms with Crippen LogP contribution in [0.2, 0.25) is 0 Å². The number of nitrogens with zero attached hydrogens (tertiary/aromatic N) is 3. The number of halogens is 1. The first-order valence-corrected chi connectivity index (χ1v) is 6.96. The second-order valence-corrected chi connectivity index (χ2v) is 5.28. The highest BCUT2D eigenvalue weighted by Gasteiger charge is 2.29. The van der Waals surface area contributed by atoms with Crippen LogP contribution in [0.1, 0.15) is 24.6 Å². The van der Waals surface area contributed by atoms with Gasteiger partial charge in [0.1, 0.15) is 5.82 Å². The number of ether oxygens (including phenoxy) is 1. The molecule has 0 aliphatic heterocycles. The molecule has 0 radical (unpaired) electrons. The fourth-order valence-electron chi connectivity index (χ4n) is 2.50. The van der Waals surface area contributed by atoms with E-state index in [9.17, 15) is 4.39 Å². The molecule has 0 unspecified atom stereocenters. The van der Waals surface area contributed by atoms with Crippen LogP contribution in [0.15, 0.2) is 36.4 Å². The second-order valence-electron chi connectivity index (χ2n) is 5.28. The Labute approximate surface area is 121 Å².